The van der Waals surface area contributed by atoms with E-state index in [2.05, 4.69) is 0 Å². The van der Waals surface area contributed by atoms with E-state index in [0.717, 1.165) is 23.5 Å². The Balaban J connectivity index is 2.04. The number of ether oxygens (including phenoxy) is 4. The van der Waals surface area contributed by atoms with Gasteiger partial charge in [0.15, 0.2) is 11.6 Å². The second-order valence-electron chi connectivity index (χ2n) is 6.89. The first-order chi connectivity index (χ1) is 12.3. The van der Waals surface area contributed by atoms with Gasteiger partial charge in [-0.15, -0.1) is 23.5 Å². The lowest BCUT2D eigenvalue weighted by Gasteiger charge is -2.37. The molecule has 2 unspecified atom stereocenters. The summed E-state index contributed by atoms with van der Waals surface area (Å²) in [4.78, 5) is 13.7. The first-order valence-electron chi connectivity index (χ1n) is 8.73. The van der Waals surface area contributed by atoms with Crippen LogP contribution in [0.2, 0.25) is 0 Å². The van der Waals surface area contributed by atoms with Gasteiger partial charge in [-0.3, -0.25) is 4.79 Å². The van der Waals surface area contributed by atoms with E-state index in [1.807, 2.05) is 39.0 Å². The highest BCUT2D eigenvalue weighted by atomic mass is 32.2. The van der Waals surface area contributed by atoms with E-state index in [1.165, 1.54) is 0 Å². The third-order valence-electron chi connectivity index (χ3n) is 4.52. The van der Waals surface area contributed by atoms with Crippen LogP contribution in [0.4, 0.5) is 0 Å². The van der Waals surface area contributed by atoms with E-state index >= 15 is 0 Å². The molecule has 2 saturated heterocycles. The van der Waals surface area contributed by atoms with Gasteiger partial charge in [-0.1, -0.05) is 0 Å². The van der Waals surface area contributed by atoms with Gasteiger partial charge in [-0.05, 0) is 56.4 Å². The smallest absolute Gasteiger partial charge is 0.194 e. The van der Waals surface area contributed by atoms with Crippen molar-refractivity contribution in [2.45, 2.75) is 49.3 Å². The average Bonchev–Trinajstić information content (AvgIpc) is 2.93. The quantitative estimate of drug-likeness (QED) is 0.747. The molecule has 2 fully saturated rings. The fourth-order valence-electron chi connectivity index (χ4n) is 3.37. The molecule has 2 heterocycles. The van der Waals surface area contributed by atoms with Crippen LogP contribution in [-0.2, 0) is 18.3 Å². The summed E-state index contributed by atoms with van der Waals surface area (Å²) in [5.74, 6) is 2.48. The Morgan fingerprint density at radius 3 is 2.12 bits per heavy atom. The van der Waals surface area contributed by atoms with Crippen LogP contribution in [-0.4, -0.2) is 49.5 Å². The highest BCUT2D eigenvalue weighted by Crippen LogP contribution is 2.54. The minimum atomic E-state index is -0.753. The van der Waals surface area contributed by atoms with Crippen molar-refractivity contribution in [3.05, 3.63) is 23.8 Å². The first kappa shape index (κ1) is 19.9. The SMILES string of the molecule is COc1cc(OC)cc(C2(C(=O)C3OC(C)(C)OC3C)SCCCS2)c1. The number of ketones is 1. The molecule has 0 bridgehead atoms. The molecule has 7 heteroatoms. The minimum Gasteiger partial charge on any atom is -0.497 e. The van der Waals surface area contributed by atoms with E-state index in [4.69, 9.17) is 18.9 Å². The zero-order valence-electron chi connectivity index (χ0n) is 15.9. The van der Waals surface area contributed by atoms with E-state index in [1.54, 1.807) is 37.7 Å². The number of hydrogen-bond acceptors (Lipinski definition) is 7. The number of rotatable bonds is 5. The van der Waals surface area contributed by atoms with Crippen LogP contribution in [0.3, 0.4) is 0 Å². The molecule has 0 spiro atoms. The van der Waals surface area contributed by atoms with Crippen LogP contribution in [0.25, 0.3) is 0 Å². The molecule has 1 aromatic rings. The number of carbonyl (C=O) groups is 1. The molecule has 2 aliphatic heterocycles. The predicted octanol–water partition coefficient (Wildman–Crippen LogP) is 3.84. The summed E-state index contributed by atoms with van der Waals surface area (Å²) in [7, 11) is 3.24. The Morgan fingerprint density at radius 2 is 1.65 bits per heavy atom. The van der Waals surface area contributed by atoms with Gasteiger partial charge in [0.1, 0.15) is 21.7 Å². The average molecular weight is 399 g/mol. The molecule has 0 N–H and O–H groups in total. The zero-order valence-corrected chi connectivity index (χ0v) is 17.5. The van der Waals surface area contributed by atoms with Crippen molar-refractivity contribution in [3.63, 3.8) is 0 Å². The van der Waals surface area contributed by atoms with Gasteiger partial charge in [-0.25, -0.2) is 0 Å². The number of thioether (sulfide) groups is 2. The summed E-state index contributed by atoms with van der Waals surface area (Å²) >= 11 is 3.33. The molecular formula is C19H26O5S2. The summed E-state index contributed by atoms with van der Waals surface area (Å²) in [5, 5.41) is 0. The zero-order chi connectivity index (χ0) is 18.9. The molecule has 144 valence electrons. The van der Waals surface area contributed by atoms with Gasteiger partial charge in [0.05, 0.1) is 20.3 Å². The van der Waals surface area contributed by atoms with Gasteiger partial charge in [0.25, 0.3) is 0 Å². The molecule has 1 aromatic carbocycles. The number of Topliss-reactive ketones (excluding diaryl/α,β-unsaturated/α-hetero) is 1. The van der Waals surface area contributed by atoms with Crippen molar-refractivity contribution >= 4 is 29.3 Å². The molecule has 0 aromatic heterocycles. The number of methoxy groups -OCH3 is 2. The van der Waals surface area contributed by atoms with Crippen molar-refractivity contribution in [2.24, 2.45) is 0 Å². The minimum absolute atomic E-state index is 0.0422. The van der Waals surface area contributed by atoms with Gasteiger partial charge in [0.2, 0.25) is 0 Å². The van der Waals surface area contributed by atoms with Crippen molar-refractivity contribution in [1.29, 1.82) is 0 Å². The lowest BCUT2D eigenvalue weighted by Crippen LogP contribution is -2.43. The fourth-order valence-corrected chi connectivity index (χ4v) is 6.63. The molecule has 26 heavy (non-hydrogen) atoms. The molecule has 5 nitrogen and oxygen atoms in total. The van der Waals surface area contributed by atoms with Gasteiger partial charge in [-0.2, -0.15) is 0 Å². The van der Waals surface area contributed by atoms with Crippen LogP contribution < -0.4 is 9.47 Å². The van der Waals surface area contributed by atoms with Crippen molar-refractivity contribution in [2.75, 3.05) is 25.7 Å². The highest BCUT2D eigenvalue weighted by Gasteiger charge is 2.53. The summed E-state index contributed by atoms with van der Waals surface area (Å²) in [5.41, 5.74) is 0.883. The Bertz CT molecular complexity index is 648. The maximum Gasteiger partial charge on any atom is 0.194 e. The Kier molecular flexibility index (Phi) is 5.82. The normalized spacial score (nSPS) is 27.1. The van der Waals surface area contributed by atoms with Crippen molar-refractivity contribution in [3.8, 4) is 11.5 Å². The number of carbonyl (C=O) groups excluding carboxylic acids is 1. The highest BCUT2D eigenvalue weighted by molar-refractivity contribution is 8.19. The van der Waals surface area contributed by atoms with E-state index in [9.17, 15) is 4.79 Å². The maximum atomic E-state index is 13.7. The standard InChI is InChI=1S/C19H26O5S2/c1-12-16(24-18(2,3)23-12)17(20)19(25-7-6-8-26-19)13-9-14(21-4)11-15(10-13)22-5/h9-12,16H,6-8H2,1-5H3. The Morgan fingerprint density at radius 1 is 1.08 bits per heavy atom. The summed E-state index contributed by atoms with van der Waals surface area (Å²) < 4.78 is 21.9. The fraction of sp³-hybridized carbons (Fsp3) is 0.632. The van der Waals surface area contributed by atoms with Gasteiger partial charge < -0.3 is 18.9 Å². The van der Waals surface area contributed by atoms with E-state index < -0.39 is 16.0 Å². The molecule has 0 aliphatic carbocycles. The van der Waals surface area contributed by atoms with Crippen LogP contribution >= 0.6 is 23.5 Å². The largest absolute Gasteiger partial charge is 0.497 e. The molecule has 0 saturated carbocycles. The lowest BCUT2D eigenvalue weighted by molar-refractivity contribution is -0.154. The molecular weight excluding hydrogens is 372 g/mol. The predicted molar refractivity (Wildman–Crippen MR) is 105 cm³/mol. The van der Waals surface area contributed by atoms with Crippen LogP contribution in [0.15, 0.2) is 18.2 Å². The van der Waals surface area contributed by atoms with Crippen LogP contribution in [0, 0.1) is 0 Å². The van der Waals surface area contributed by atoms with E-state index in [0.29, 0.717) is 11.5 Å². The van der Waals surface area contributed by atoms with Gasteiger partial charge in [0, 0.05) is 6.07 Å². The molecule has 0 amide bonds. The third kappa shape index (κ3) is 3.72. The van der Waals surface area contributed by atoms with E-state index in [-0.39, 0.29) is 11.9 Å². The van der Waals surface area contributed by atoms with Crippen LogP contribution in [0.5, 0.6) is 11.5 Å². The molecule has 0 radical (unpaired) electrons. The van der Waals surface area contributed by atoms with Crippen molar-refractivity contribution in [1.82, 2.24) is 0 Å². The monoisotopic (exact) mass is 398 g/mol. The topological polar surface area (TPSA) is 54.0 Å². The molecule has 3 rings (SSSR count). The summed E-state index contributed by atoms with van der Waals surface area (Å²) in [6, 6.07) is 5.68. The van der Waals surface area contributed by atoms with Crippen molar-refractivity contribution < 1.29 is 23.7 Å². The van der Waals surface area contributed by atoms with Gasteiger partial charge >= 0.3 is 0 Å². The number of benzene rings is 1. The molecule has 2 aliphatic rings. The maximum absolute atomic E-state index is 13.7. The molecule has 2 atom stereocenters. The van der Waals surface area contributed by atoms with Crippen LogP contribution in [0.1, 0.15) is 32.8 Å². The number of hydrogen-bond donors (Lipinski definition) is 0. The Hall–Kier alpha value is -0.890. The third-order valence-corrected chi connectivity index (χ3v) is 7.90. The second kappa shape index (κ2) is 7.62. The second-order valence-corrected chi connectivity index (χ2v) is 9.77. The summed E-state index contributed by atoms with van der Waals surface area (Å²) in [6.45, 7) is 5.59. The first-order valence-corrected chi connectivity index (χ1v) is 10.7. The lowest BCUT2D eigenvalue weighted by atomic mass is 10.0. The Labute approximate surface area is 163 Å². The summed E-state index contributed by atoms with van der Waals surface area (Å²) in [6.07, 6.45) is 0.194.